The van der Waals surface area contributed by atoms with Gasteiger partial charge in [-0.15, -0.1) is 0 Å². The SMILES string of the molecule is CCC1CC(NC)c2ccccc21. The largest absolute Gasteiger partial charge is 0.313 e. The number of benzene rings is 1. The average molecular weight is 175 g/mol. The normalized spacial score (nSPS) is 26.0. The Kier molecular flexibility index (Phi) is 2.36. The monoisotopic (exact) mass is 175 g/mol. The standard InChI is InChI=1S/C12H17N/c1-3-9-8-12(13-2)11-7-5-4-6-10(9)11/h4-7,9,12-13H,3,8H2,1-2H3. The molecule has 0 fully saturated rings. The van der Waals surface area contributed by atoms with Gasteiger partial charge in [0.25, 0.3) is 0 Å². The topological polar surface area (TPSA) is 12.0 Å². The van der Waals surface area contributed by atoms with Crippen molar-refractivity contribution in [2.45, 2.75) is 31.7 Å². The first kappa shape index (κ1) is 8.76. The lowest BCUT2D eigenvalue weighted by atomic mass is 9.99. The van der Waals surface area contributed by atoms with Crippen LogP contribution in [0.2, 0.25) is 0 Å². The van der Waals surface area contributed by atoms with E-state index in [1.807, 2.05) is 0 Å². The summed E-state index contributed by atoms with van der Waals surface area (Å²) in [6.45, 7) is 2.28. The molecule has 1 aromatic rings. The van der Waals surface area contributed by atoms with Crippen molar-refractivity contribution in [3.05, 3.63) is 35.4 Å². The highest BCUT2D eigenvalue weighted by Crippen LogP contribution is 2.41. The number of fused-ring (bicyclic) bond motifs is 1. The summed E-state index contributed by atoms with van der Waals surface area (Å²) in [5.41, 5.74) is 3.07. The summed E-state index contributed by atoms with van der Waals surface area (Å²) in [6.07, 6.45) is 2.53. The Morgan fingerprint density at radius 1 is 1.31 bits per heavy atom. The molecule has 0 saturated carbocycles. The van der Waals surface area contributed by atoms with E-state index in [2.05, 4.69) is 43.6 Å². The van der Waals surface area contributed by atoms with Gasteiger partial charge in [-0.2, -0.15) is 0 Å². The number of hydrogen-bond acceptors (Lipinski definition) is 1. The third-order valence-electron chi connectivity index (χ3n) is 3.17. The molecule has 13 heavy (non-hydrogen) atoms. The molecular formula is C12H17N. The zero-order chi connectivity index (χ0) is 9.26. The first-order chi connectivity index (χ1) is 6.36. The maximum atomic E-state index is 3.38. The second-order valence-electron chi connectivity index (χ2n) is 3.81. The smallest absolute Gasteiger partial charge is 0.0326 e. The lowest BCUT2D eigenvalue weighted by molar-refractivity contribution is 0.526. The van der Waals surface area contributed by atoms with Gasteiger partial charge in [0.05, 0.1) is 0 Å². The number of nitrogens with one attached hydrogen (secondary N) is 1. The van der Waals surface area contributed by atoms with Crippen LogP contribution in [0.15, 0.2) is 24.3 Å². The Bertz CT molecular complexity index is 264. The zero-order valence-corrected chi connectivity index (χ0v) is 8.38. The molecule has 1 aliphatic carbocycles. The molecule has 2 unspecified atom stereocenters. The zero-order valence-electron chi connectivity index (χ0n) is 8.38. The van der Waals surface area contributed by atoms with E-state index in [0.29, 0.717) is 6.04 Å². The van der Waals surface area contributed by atoms with Crippen LogP contribution >= 0.6 is 0 Å². The van der Waals surface area contributed by atoms with Gasteiger partial charge in [-0.3, -0.25) is 0 Å². The quantitative estimate of drug-likeness (QED) is 0.728. The van der Waals surface area contributed by atoms with E-state index in [-0.39, 0.29) is 0 Å². The van der Waals surface area contributed by atoms with E-state index in [0.717, 1.165) is 5.92 Å². The van der Waals surface area contributed by atoms with Crippen molar-refractivity contribution in [3.8, 4) is 0 Å². The minimum atomic E-state index is 0.584. The van der Waals surface area contributed by atoms with Crippen LogP contribution in [0.25, 0.3) is 0 Å². The maximum Gasteiger partial charge on any atom is 0.0326 e. The van der Waals surface area contributed by atoms with Crippen molar-refractivity contribution in [1.82, 2.24) is 5.32 Å². The van der Waals surface area contributed by atoms with Crippen LogP contribution in [0.5, 0.6) is 0 Å². The molecule has 1 aromatic carbocycles. The number of hydrogen-bond donors (Lipinski definition) is 1. The Morgan fingerprint density at radius 3 is 2.62 bits per heavy atom. The Balaban J connectivity index is 2.38. The highest BCUT2D eigenvalue weighted by molar-refractivity contribution is 5.37. The lowest BCUT2D eigenvalue weighted by Gasteiger charge is -2.09. The molecule has 0 amide bonds. The Labute approximate surface area is 80.2 Å². The fraction of sp³-hybridized carbons (Fsp3) is 0.500. The Hall–Kier alpha value is -0.820. The molecule has 0 radical (unpaired) electrons. The summed E-state index contributed by atoms with van der Waals surface area (Å²) >= 11 is 0. The molecule has 1 heteroatoms. The fourth-order valence-electron chi connectivity index (χ4n) is 2.40. The highest BCUT2D eigenvalue weighted by Gasteiger charge is 2.27. The van der Waals surface area contributed by atoms with Crippen LogP contribution in [0.4, 0.5) is 0 Å². The predicted octanol–water partition coefficient (Wildman–Crippen LogP) is 2.84. The van der Waals surface area contributed by atoms with Gasteiger partial charge >= 0.3 is 0 Å². The molecule has 0 heterocycles. The van der Waals surface area contributed by atoms with Gasteiger partial charge in [0, 0.05) is 6.04 Å². The van der Waals surface area contributed by atoms with Crippen LogP contribution in [-0.4, -0.2) is 7.05 Å². The molecule has 0 aliphatic heterocycles. The van der Waals surface area contributed by atoms with Crippen molar-refractivity contribution in [1.29, 1.82) is 0 Å². The van der Waals surface area contributed by atoms with Crippen LogP contribution in [0, 0.1) is 0 Å². The summed E-state index contributed by atoms with van der Waals surface area (Å²) in [5.74, 6) is 0.772. The fourth-order valence-corrected chi connectivity index (χ4v) is 2.40. The van der Waals surface area contributed by atoms with Crippen LogP contribution in [-0.2, 0) is 0 Å². The molecule has 0 bridgehead atoms. The van der Waals surface area contributed by atoms with Crippen LogP contribution in [0.1, 0.15) is 42.9 Å². The van der Waals surface area contributed by atoms with Crippen LogP contribution < -0.4 is 5.32 Å². The summed E-state index contributed by atoms with van der Waals surface area (Å²) in [5, 5.41) is 3.38. The Morgan fingerprint density at radius 2 is 2.00 bits per heavy atom. The first-order valence-corrected chi connectivity index (χ1v) is 5.13. The molecule has 1 aliphatic rings. The van der Waals surface area contributed by atoms with Gasteiger partial charge in [0.1, 0.15) is 0 Å². The second kappa shape index (κ2) is 3.51. The maximum absolute atomic E-state index is 3.38. The minimum Gasteiger partial charge on any atom is -0.313 e. The van der Waals surface area contributed by atoms with E-state index in [1.54, 1.807) is 5.56 Å². The van der Waals surface area contributed by atoms with E-state index < -0.39 is 0 Å². The minimum absolute atomic E-state index is 0.584. The van der Waals surface area contributed by atoms with Crippen molar-refractivity contribution in [2.24, 2.45) is 0 Å². The van der Waals surface area contributed by atoms with E-state index in [1.165, 1.54) is 18.4 Å². The third-order valence-corrected chi connectivity index (χ3v) is 3.17. The first-order valence-electron chi connectivity index (χ1n) is 5.13. The highest BCUT2D eigenvalue weighted by atomic mass is 14.9. The number of rotatable bonds is 2. The molecular weight excluding hydrogens is 158 g/mol. The van der Waals surface area contributed by atoms with Gasteiger partial charge in [-0.1, -0.05) is 31.2 Å². The molecule has 2 rings (SSSR count). The summed E-state index contributed by atoms with van der Waals surface area (Å²) in [6, 6.07) is 9.41. The molecule has 2 atom stereocenters. The molecule has 70 valence electrons. The van der Waals surface area contributed by atoms with Gasteiger partial charge < -0.3 is 5.32 Å². The van der Waals surface area contributed by atoms with Gasteiger partial charge in [-0.05, 0) is 36.9 Å². The van der Waals surface area contributed by atoms with E-state index in [9.17, 15) is 0 Å². The van der Waals surface area contributed by atoms with Crippen LogP contribution in [0.3, 0.4) is 0 Å². The molecule has 1 nitrogen and oxygen atoms in total. The third kappa shape index (κ3) is 1.37. The van der Waals surface area contributed by atoms with E-state index >= 15 is 0 Å². The van der Waals surface area contributed by atoms with Gasteiger partial charge in [-0.25, -0.2) is 0 Å². The van der Waals surface area contributed by atoms with Gasteiger partial charge in [0.15, 0.2) is 0 Å². The molecule has 0 saturated heterocycles. The van der Waals surface area contributed by atoms with Crippen molar-refractivity contribution >= 4 is 0 Å². The molecule has 0 aromatic heterocycles. The second-order valence-corrected chi connectivity index (χ2v) is 3.81. The van der Waals surface area contributed by atoms with E-state index in [4.69, 9.17) is 0 Å². The van der Waals surface area contributed by atoms with Crippen molar-refractivity contribution < 1.29 is 0 Å². The predicted molar refractivity (Wildman–Crippen MR) is 55.9 cm³/mol. The summed E-state index contributed by atoms with van der Waals surface area (Å²) in [7, 11) is 2.06. The molecule has 0 spiro atoms. The van der Waals surface area contributed by atoms with Crippen molar-refractivity contribution in [2.75, 3.05) is 7.05 Å². The lowest BCUT2D eigenvalue weighted by Crippen LogP contribution is -2.12. The summed E-state index contributed by atoms with van der Waals surface area (Å²) in [4.78, 5) is 0. The van der Waals surface area contributed by atoms with Crippen molar-refractivity contribution in [3.63, 3.8) is 0 Å². The summed E-state index contributed by atoms with van der Waals surface area (Å²) < 4.78 is 0. The average Bonchev–Trinajstić information content (AvgIpc) is 2.56. The molecule has 1 N–H and O–H groups in total. The van der Waals surface area contributed by atoms with Gasteiger partial charge in [0.2, 0.25) is 0 Å².